The molecule has 0 atom stereocenters. The van der Waals surface area contributed by atoms with Crippen LogP contribution < -0.4 is 0 Å². The molecule has 8 nitrogen and oxygen atoms in total. The zero-order valence-electron chi connectivity index (χ0n) is 17.1. The molecule has 158 valence electrons. The van der Waals surface area contributed by atoms with Crippen molar-refractivity contribution in [2.24, 2.45) is 0 Å². The molecule has 0 radical (unpaired) electrons. The lowest BCUT2D eigenvalue weighted by atomic mass is 10.2. The average molecular weight is 412 g/mol. The number of hydrogen-bond donors (Lipinski definition) is 4. The fourth-order valence-electron chi connectivity index (χ4n) is 2.03. The fraction of sp³-hybridized carbons (Fsp3) is 0.182. The van der Waals surface area contributed by atoms with Gasteiger partial charge in [0.05, 0.1) is 33.9 Å². The van der Waals surface area contributed by atoms with Crippen LogP contribution in [0.25, 0.3) is 0 Å². The van der Waals surface area contributed by atoms with Gasteiger partial charge in [0.2, 0.25) is 0 Å². The van der Waals surface area contributed by atoms with Crippen molar-refractivity contribution in [3.63, 3.8) is 0 Å². The monoisotopic (exact) mass is 412 g/mol. The Morgan fingerprint density at radius 2 is 0.800 bits per heavy atom. The van der Waals surface area contributed by atoms with Crippen molar-refractivity contribution >= 4 is 11.9 Å². The standard InChI is InChI=1S/C8H12N2.2C7H6O3/c1-5-6(2)10-8(4)7(3)9-5;2*8-6-3-1-5(2-4-6)7(9)10/h1-4H3;2*1-4,8H,(H,9,10). The van der Waals surface area contributed by atoms with E-state index in [2.05, 4.69) is 9.97 Å². The number of carbonyl (C=O) groups is 2. The number of phenolic OH excluding ortho intramolecular Hbond substituents is 2. The van der Waals surface area contributed by atoms with Gasteiger partial charge in [-0.3, -0.25) is 9.97 Å². The van der Waals surface area contributed by atoms with Crippen LogP contribution in [-0.4, -0.2) is 42.3 Å². The number of rotatable bonds is 2. The highest BCUT2D eigenvalue weighted by Gasteiger charge is 2.00. The van der Waals surface area contributed by atoms with Gasteiger partial charge in [0, 0.05) is 0 Å². The first kappa shape index (κ1) is 24.1. The summed E-state index contributed by atoms with van der Waals surface area (Å²) in [5.74, 6) is -1.82. The van der Waals surface area contributed by atoms with E-state index in [1.165, 1.54) is 48.5 Å². The Kier molecular flexibility index (Phi) is 8.96. The molecule has 30 heavy (non-hydrogen) atoms. The Hall–Kier alpha value is -3.94. The van der Waals surface area contributed by atoms with E-state index in [1.54, 1.807) is 0 Å². The highest BCUT2D eigenvalue weighted by Crippen LogP contribution is 2.09. The number of benzene rings is 2. The lowest BCUT2D eigenvalue weighted by Gasteiger charge is -2.01. The molecule has 0 aliphatic carbocycles. The van der Waals surface area contributed by atoms with Crippen LogP contribution in [0.4, 0.5) is 0 Å². The molecular weight excluding hydrogens is 388 g/mol. The van der Waals surface area contributed by atoms with E-state index in [0.29, 0.717) is 0 Å². The number of carboxylic acids is 2. The molecule has 3 rings (SSSR count). The van der Waals surface area contributed by atoms with Gasteiger partial charge in [-0.2, -0.15) is 0 Å². The number of aromatic carboxylic acids is 2. The maximum absolute atomic E-state index is 10.2. The third-order valence-corrected chi connectivity index (χ3v) is 3.95. The van der Waals surface area contributed by atoms with Gasteiger partial charge in [0.25, 0.3) is 0 Å². The smallest absolute Gasteiger partial charge is 0.335 e. The maximum Gasteiger partial charge on any atom is 0.335 e. The molecule has 0 aliphatic rings. The average Bonchev–Trinajstić information content (AvgIpc) is 2.68. The minimum absolute atomic E-state index is 0.0741. The van der Waals surface area contributed by atoms with Crippen LogP contribution in [0.1, 0.15) is 43.5 Å². The van der Waals surface area contributed by atoms with Gasteiger partial charge < -0.3 is 20.4 Å². The molecular formula is C22H24N2O6. The van der Waals surface area contributed by atoms with Crippen LogP contribution in [-0.2, 0) is 0 Å². The number of phenols is 2. The second-order valence-corrected chi connectivity index (χ2v) is 6.27. The quantitative estimate of drug-likeness (QED) is 0.497. The summed E-state index contributed by atoms with van der Waals surface area (Å²) in [5.41, 5.74) is 4.48. The first-order valence-corrected chi connectivity index (χ1v) is 8.84. The Labute approximate surface area is 174 Å². The van der Waals surface area contributed by atoms with E-state index in [-0.39, 0.29) is 22.6 Å². The predicted molar refractivity (Wildman–Crippen MR) is 111 cm³/mol. The van der Waals surface area contributed by atoms with Crippen LogP contribution in [0.5, 0.6) is 11.5 Å². The number of aromatic nitrogens is 2. The van der Waals surface area contributed by atoms with Gasteiger partial charge in [-0.05, 0) is 76.2 Å². The zero-order chi connectivity index (χ0) is 22.8. The minimum Gasteiger partial charge on any atom is -0.508 e. The van der Waals surface area contributed by atoms with Gasteiger partial charge in [-0.15, -0.1) is 0 Å². The number of carboxylic acid groups (broad SMARTS) is 2. The van der Waals surface area contributed by atoms with E-state index >= 15 is 0 Å². The summed E-state index contributed by atoms with van der Waals surface area (Å²) in [6.45, 7) is 7.92. The summed E-state index contributed by atoms with van der Waals surface area (Å²) < 4.78 is 0. The molecule has 0 saturated heterocycles. The van der Waals surface area contributed by atoms with Crippen molar-refractivity contribution in [3.8, 4) is 11.5 Å². The van der Waals surface area contributed by atoms with Crippen molar-refractivity contribution < 1.29 is 30.0 Å². The topological polar surface area (TPSA) is 141 Å². The van der Waals surface area contributed by atoms with E-state index in [9.17, 15) is 9.59 Å². The zero-order valence-corrected chi connectivity index (χ0v) is 17.1. The van der Waals surface area contributed by atoms with E-state index in [1.807, 2.05) is 27.7 Å². The molecule has 3 aromatic rings. The Bertz CT molecular complexity index is 894. The number of nitrogens with zero attached hydrogens (tertiary/aromatic N) is 2. The molecule has 0 aliphatic heterocycles. The summed E-state index contributed by atoms with van der Waals surface area (Å²) in [6, 6.07) is 10.7. The lowest BCUT2D eigenvalue weighted by Crippen LogP contribution is -1.97. The van der Waals surface area contributed by atoms with Crippen LogP contribution >= 0.6 is 0 Å². The summed E-state index contributed by atoms with van der Waals surface area (Å²) in [5, 5.41) is 34.3. The third-order valence-electron chi connectivity index (χ3n) is 3.95. The van der Waals surface area contributed by atoms with Gasteiger partial charge in [0.15, 0.2) is 0 Å². The minimum atomic E-state index is -0.986. The normalized spacial score (nSPS) is 9.47. The largest absolute Gasteiger partial charge is 0.508 e. The van der Waals surface area contributed by atoms with Crippen molar-refractivity contribution in [1.29, 1.82) is 0 Å². The van der Waals surface area contributed by atoms with E-state index in [4.69, 9.17) is 20.4 Å². The SMILES string of the molecule is Cc1nc(C)c(C)nc1C.O=C(O)c1ccc(O)cc1.O=C(O)c1ccc(O)cc1. The van der Waals surface area contributed by atoms with Crippen LogP contribution in [0, 0.1) is 27.7 Å². The molecule has 1 aromatic heterocycles. The summed E-state index contributed by atoms with van der Waals surface area (Å²) >= 11 is 0. The van der Waals surface area contributed by atoms with Gasteiger partial charge >= 0.3 is 11.9 Å². The molecule has 0 amide bonds. The van der Waals surface area contributed by atoms with Gasteiger partial charge in [-0.25, -0.2) is 9.59 Å². The molecule has 0 bridgehead atoms. The molecule has 4 N–H and O–H groups in total. The summed E-state index contributed by atoms with van der Waals surface area (Å²) in [7, 11) is 0. The lowest BCUT2D eigenvalue weighted by molar-refractivity contribution is 0.0686. The Balaban J connectivity index is 0.000000225. The number of aromatic hydroxyl groups is 2. The Morgan fingerprint density at radius 3 is 1.00 bits per heavy atom. The van der Waals surface area contributed by atoms with Gasteiger partial charge in [-0.1, -0.05) is 0 Å². The van der Waals surface area contributed by atoms with E-state index < -0.39 is 11.9 Å². The second-order valence-electron chi connectivity index (χ2n) is 6.27. The summed E-state index contributed by atoms with van der Waals surface area (Å²) in [6.07, 6.45) is 0. The maximum atomic E-state index is 10.2. The molecule has 0 spiro atoms. The van der Waals surface area contributed by atoms with Crippen molar-refractivity contribution in [3.05, 3.63) is 82.4 Å². The highest BCUT2D eigenvalue weighted by molar-refractivity contribution is 5.88. The third kappa shape index (κ3) is 7.97. The number of aryl methyl sites for hydroxylation is 4. The first-order valence-electron chi connectivity index (χ1n) is 8.84. The molecule has 2 aromatic carbocycles. The predicted octanol–water partition coefficient (Wildman–Crippen LogP) is 3.89. The molecule has 1 heterocycles. The van der Waals surface area contributed by atoms with Crippen LogP contribution in [0.3, 0.4) is 0 Å². The first-order chi connectivity index (χ1) is 14.0. The number of hydrogen-bond acceptors (Lipinski definition) is 6. The van der Waals surface area contributed by atoms with Gasteiger partial charge in [0.1, 0.15) is 11.5 Å². The van der Waals surface area contributed by atoms with Crippen molar-refractivity contribution in [2.75, 3.05) is 0 Å². The fourth-order valence-corrected chi connectivity index (χ4v) is 2.03. The second kappa shape index (κ2) is 11.2. The Morgan fingerprint density at radius 1 is 0.567 bits per heavy atom. The van der Waals surface area contributed by atoms with E-state index in [0.717, 1.165) is 22.8 Å². The van der Waals surface area contributed by atoms with Crippen LogP contribution in [0.2, 0.25) is 0 Å². The summed E-state index contributed by atoms with van der Waals surface area (Å²) in [4.78, 5) is 29.1. The highest BCUT2D eigenvalue weighted by atomic mass is 16.4. The van der Waals surface area contributed by atoms with Crippen molar-refractivity contribution in [1.82, 2.24) is 9.97 Å². The molecule has 0 fully saturated rings. The molecule has 8 heteroatoms. The molecule has 0 saturated carbocycles. The van der Waals surface area contributed by atoms with Crippen molar-refractivity contribution in [2.45, 2.75) is 27.7 Å². The molecule has 0 unspecified atom stereocenters. The van der Waals surface area contributed by atoms with Crippen LogP contribution in [0.15, 0.2) is 48.5 Å².